The fourth-order valence-corrected chi connectivity index (χ4v) is 3.81. The van der Waals surface area contributed by atoms with E-state index in [4.69, 9.17) is 0 Å². The van der Waals surface area contributed by atoms with E-state index in [1.54, 1.807) is 26.0 Å². The topological polar surface area (TPSA) is 65.2 Å². The van der Waals surface area contributed by atoms with Gasteiger partial charge in [-0.2, -0.15) is 0 Å². The molecule has 2 N–H and O–H groups in total. The van der Waals surface area contributed by atoms with E-state index >= 15 is 0 Å². The Labute approximate surface area is 215 Å². The molecule has 0 bridgehead atoms. The van der Waals surface area contributed by atoms with Crippen LogP contribution in [0.15, 0.2) is 94.9 Å². The van der Waals surface area contributed by atoms with Crippen LogP contribution in [0.4, 0.5) is 20.2 Å². The van der Waals surface area contributed by atoms with E-state index in [0.29, 0.717) is 22.8 Å². The number of para-hydroxylation sites is 2. The average molecular weight is 522 g/mol. The molecule has 0 atom stereocenters. The van der Waals surface area contributed by atoms with Crippen molar-refractivity contribution in [1.29, 1.82) is 0 Å². The third-order valence-corrected chi connectivity index (χ3v) is 5.38. The van der Waals surface area contributed by atoms with E-state index in [9.17, 15) is 19.0 Å². The van der Waals surface area contributed by atoms with Crippen LogP contribution in [0.1, 0.15) is 25.0 Å². The Morgan fingerprint density at radius 3 is 1.31 bits per heavy atom. The van der Waals surface area contributed by atoms with Gasteiger partial charge in [-0.3, -0.25) is 9.98 Å². The molecule has 0 unspecified atom stereocenters. The molecule has 4 aromatic rings. The Morgan fingerprint density at radius 2 is 0.943 bits per heavy atom. The first kappa shape index (κ1) is 25.9. The number of hydrogen-bond acceptors (Lipinski definition) is 4. The molecule has 4 aromatic carbocycles. The predicted molar refractivity (Wildman–Crippen MR) is 132 cm³/mol. The first-order valence-electron chi connectivity index (χ1n) is 10.6. The number of halogens is 2. The minimum Gasteiger partial charge on any atom is -0.507 e. The number of nitrogens with zero attached hydrogens (tertiary/aromatic N) is 2. The van der Waals surface area contributed by atoms with Crippen molar-refractivity contribution in [2.75, 3.05) is 0 Å². The van der Waals surface area contributed by atoms with E-state index < -0.39 is 11.6 Å². The maximum atomic E-state index is 14.4. The minimum absolute atomic E-state index is 0. The zero-order valence-electron chi connectivity index (χ0n) is 19.3. The molecule has 0 saturated heterocycles. The number of rotatable bonds is 5. The van der Waals surface area contributed by atoms with Gasteiger partial charge in [0.2, 0.25) is 0 Å². The second-order valence-corrected chi connectivity index (χ2v) is 7.70. The molecule has 0 spiro atoms. The first-order valence-corrected chi connectivity index (χ1v) is 10.6. The van der Waals surface area contributed by atoms with Gasteiger partial charge in [0.1, 0.15) is 23.1 Å². The summed E-state index contributed by atoms with van der Waals surface area (Å²) < 4.78 is 28.7. The Hall–Kier alpha value is -3.70. The van der Waals surface area contributed by atoms with Crippen molar-refractivity contribution in [3.8, 4) is 22.6 Å². The fraction of sp³-hybridized carbons (Fsp3) is 0.0714. The molecule has 0 radical (unpaired) electrons. The van der Waals surface area contributed by atoms with Gasteiger partial charge < -0.3 is 10.2 Å². The van der Waals surface area contributed by atoms with E-state index in [2.05, 4.69) is 9.98 Å². The van der Waals surface area contributed by atoms with Crippen molar-refractivity contribution >= 4 is 22.8 Å². The fourth-order valence-electron chi connectivity index (χ4n) is 3.81. The SMILES string of the molecule is CC(=Nc1ccccc1-c1ccccc1N=C(C)c1c(O)cccc1F)c1c(O)cccc1F.[Zn]. The number of aliphatic imine (C=N–C) groups is 2. The van der Waals surface area contributed by atoms with Crippen LogP contribution in [0, 0.1) is 11.6 Å². The number of phenolic OH excluding ortho intramolecular Hbond substituents is 2. The molecule has 0 saturated carbocycles. The van der Waals surface area contributed by atoms with E-state index in [-0.39, 0.29) is 42.1 Å². The third kappa shape index (κ3) is 5.52. The summed E-state index contributed by atoms with van der Waals surface area (Å²) in [4.78, 5) is 9.20. The Bertz CT molecular complexity index is 1280. The van der Waals surface area contributed by atoms with Crippen LogP contribution in [0.25, 0.3) is 11.1 Å². The molecule has 35 heavy (non-hydrogen) atoms. The molecule has 7 heteroatoms. The average Bonchev–Trinajstić information content (AvgIpc) is 2.80. The molecule has 0 amide bonds. The molecule has 0 aromatic heterocycles. The van der Waals surface area contributed by atoms with Crippen LogP contribution in [0.2, 0.25) is 0 Å². The molecule has 4 rings (SSSR count). The second kappa shape index (κ2) is 11.2. The summed E-state index contributed by atoms with van der Waals surface area (Å²) in [6.45, 7) is 3.26. The van der Waals surface area contributed by atoms with Gasteiger partial charge in [-0.15, -0.1) is 0 Å². The molecule has 172 valence electrons. The van der Waals surface area contributed by atoms with Crippen LogP contribution in [0.3, 0.4) is 0 Å². The summed E-state index contributed by atoms with van der Waals surface area (Å²) in [6.07, 6.45) is 0. The summed E-state index contributed by atoms with van der Waals surface area (Å²) in [5.74, 6) is -1.51. The summed E-state index contributed by atoms with van der Waals surface area (Å²) in [7, 11) is 0. The standard InChI is InChI=1S/C28H22F2N2O2.Zn/c1-17(27-21(29)11-7-15-25(27)33)31-23-13-5-3-9-19(23)20-10-4-6-14-24(20)32-18(2)28-22(30)12-8-16-26(28)34;/h3-16,33-34H,1-2H3;. The smallest absolute Gasteiger partial charge is 0.135 e. The van der Waals surface area contributed by atoms with E-state index in [1.165, 1.54) is 36.4 Å². The van der Waals surface area contributed by atoms with E-state index in [1.807, 2.05) is 36.4 Å². The zero-order chi connectivity index (χ0) is 24.2. The molecule has 0 fully saturated rings. The van der Waals surface area contributed by atoms with Crippen LogP contribution in [-0.2, 0) is 19.5 Å². The Balaban J connectivity index is 0.00000342. The van der Waals surface area contributed by atoms with Crippen molar-refractivity contribution < 1.29 is 38.5 Å². The molecular weight excluding hydrogens is 500 g/mol. The van der Waals surface area contributed by atoms with Crippen molar-refractivity contribution in [3.63, 3.8) is 0 Å². The van der Waals surface area contributed by atoms with Crippen LogP contribution < -0.4 is 0 Å². The number of hydrogen-bond donors (Lipinski definition) is 2. The first-order chi connectivity index (χ1) is 16.4. The van der Waals surface area contributed by atoms with Gasteiger partial charge in [-0.05, 0) is 50.2 Å². The van der Waals surface area contributed by atoms with Gasteiger partial charge in [0.05, 0.1) is 33.9 Å². The maximum absolute atomic E-state index is 14.4. The summed E-state index contributed by atoms with van der Waals surface area (Å²) in [5.41, 5.74) is 3.26. The Kier molecular flexibility index (Phi) is 8.26. The molecule has 4 nitrogen and oxygen atoms in total. The number of benzene rings is 4. The molecule has 0 heterocycles. The quantitative estimate of drug-likeness (QED) is 0.213. The van der Waals surface area contributed by atoms with Crippen LogP contribution in [-0.4, -0.2) is 21.6 Å². The van der Waals surface area contributed by atoms with Crippen LogP contribution in [0.5, 0.6) is 11.5 Å². The maximum Gasteiger partial charge on any atom is 0.135 e. The van der Waals surface area contributed by atoms with Crippen molar-refractivity contribution in [2.45, 2.75) is 13.8 Å². The van der Waals surface area contributed by atoms with Crippen molar-refractivity contribution in [2.24, 2.45) is 9.98 Å². The van der Waals surface area contributed by atoms with Crippen molar-refractivity contribution in [1.82, 2.24) is 0 Å². The molecular formula is C28H22F2N2O2Zn. The minimum atomic E-state index is -0.566. The predicted octanol–water partition coefficient (Wildman–Crippen LogP) is 7.32. The molecule has 0 aliphatic rings. The van der Waals surface area contributed by atoms with Crippen molar-refractivity contribution in [3.05, 3.63) is 108 Å². The second-order valence-electron chi connectivity index (χ2n) is 7.70. The molecule has 0 aliphatic heterocycles. The van der Waals surface area contributed by atoms with Gasteiger partial charge in [0, 0.05) is 30.6 Å². The normalized spacial score (nSPS) is 11.8. The number of aromatic hydroxyl groups is 2. The van der Waals surface area contributed by atoms with Gasteiger partial charge >= 0.3 is 0 Å². The largest absolute Gasteiger partial charge is 0.507 e. The van der Waals surface area contributed by atoms with Gasteiger partial charge in [0.15, 0.2) is 0 Å². The van der Waals surface area contributed by atoms with Gasteiger partial charge in [0.25, 0.3) is 0 Å². The van der Waals surface area contributed by atoms with Gasteiger partial charge in [-0.25, -0.2) is 8.78 Å². The third-order valence-electron chi connectivity index (χ3n) is 5.38. The summed E-state index contributed by atoms with van der Waals surface area (Å²) in [6, 6.07) is 22.8. The zero-order valence-corrected chi connectivity index (χ0v) is 22.3. The van der Waals surface area contributed by atoms with E-state index in [0.717, 1.165) is 11.1 Å². The Morgan fingerprint density at radius 1 is 0.571 bits per heavy atom. The number of phenols is 2. The summed E-state index contributed by atoms with van der Waals surface area (Å²) in [5, 5.41) is 20.3. The van der Waals surface area contributed by atoms with Crippen LogP contribution >= 0.6 is 0 Å². The monoisotopic (exact) mass is 520 g/mol. The van der Waals surface area contributed by atoms with Gasteiger partial charge in [-0.1, -0.05) is 48.5 Å². The molecule has 0 aliphatic carbocycles. The summed E-state index contributed by atoms with van der Waals surface area (Å²) >= 11 is 0.